The van der Waals surface area contributed by atoms with Gasteiger partial charge in [0.25, 0.3) is 0 Å². The summed E-state index contributed by atoms with van der Waals surface area (Å²) in [5.74, 6) is -3.58. The van der Waals surface area contributed by atoms with E-state index in [1.807, 2.05) is 0 Å². The molecule has 1 amide bonds. The molecule has 0 spiro atoms. The first-order valence-corrected chi connectivity index (χ1v) is 12.0. The summed E-state index contributed by atoms with van der Waals surface area (Å²) in [5.41, 5.74) is -1.66. The summed E-state index contributed by atoms with van der Waals surface area (Å²) in [7, 11) is -3.22. The molecular formula is C21H18F5N5O3S. The maximum atomic E-state index is 14.7. The van der Waals surface area contributed by atoms with Crippen molar-refractivity contribution >= 4 is 21.4 Å². The quantitative estimate of drug-likeness (QED) is 0.507. The minimum Gasteiger partial charge on any atom is -0.324 e. The highest BCUT2D eigenvalue weighted by Gasteiger charge is 2.35. The first kappa shape index (κ1) is 24.7. The van der Waals surface area contributed by atoms with Crippen LogP contribution in [-0.2, 0) is 27.2 Å². The number of benzene rings is 1. The van der Waals surface area contributed by atoms with Crippen molar-refractivity contribution < 1.29 is 35.2 Å². The Labute approximate surface area is 196 Å². The molecule has 0 aliphatic carbocycles. The molecular weight excluding hydrogens is 497 g/mol. The number of nitrogens with one attached hydrogen (secondary N) is 2. The van der Waals surface area contributed by atoms with Crippen LogP contribution >= 0.6 is 0 Å². The molecule has 1 saturated heterocycles. The number of aromatic nitrogens is 3. The molecule has 3 heterocycles. The Morgan fingerprint density at radius 2 is 2.00 bits per heavy atom. The van der Waals surface area contributed by atoms with Crippen molar-refractivity contribution in [1.82, 2.24) is 19.9 Å². The first-order valence-electron chi connectivity index (χ1n) is 10.2. The van der Waals surface area contributed by atoms with Crippen molar-refractivity contribution in [3.8, 4) is 5.82 Å². The Bertz CT molecular complexity index is 1370. The van der Waals surface area contributed by atoms with Crippen molar-refractivity contribution in [1.29, 1.82) is 0 Å². The summed E-state index contributed by atoms with van der Waals surface area (Å²) < 4.78 is 92.3. The van der Waals surface area contributed by atoms with Gasteiger partial charge in [-0.3, -0.25) is 9.36 Å². The molecule has 0 bridgehead atoms. The number of carbonyl (C=O) groups excluding carboxylic acids is 1. The van der Waals surface area contributed by atoms with E-state index in [9.17, 15) is 35.2 Å². The molecule has 2 aromatic heterocycles. The van der Waals surface area contributed by atoms with E-state index in [1.165, 1.54) is 17.1 Å². The molecule has 1 aliphatic heterocycles. The number of anilines is 1. The van der Waals surface area contributed by atoms with Gasteiger partial charge in [-0.15, -0.1) is 0 Å². The predicted molar refractivity (Wildman–Crippen MR) is 114 cm³/mol. The molecule has 2 N–H and O–H groups in total. The standard InChI is InChI=1S/C21H18F5N5O3S/c22-15-7-13(30-18(32)6-12-2-1-3-14(19(12)23)21(24,25)26)8-28-20(15)31-9-16(29-11-31)17-10-35(33,34)5-4-27-17/h1-3,7-9,11,17,27H,4-6,10H2,(H,30,32)/t17-/m0/s1. The van der Waals surface area contributed by atoms with Gasteiger partial charge >= 0.3 is 6.18 Å². The Hall–Kier alpha value is -3.39. The second kappa shape index (κ2) is 9.34. The van der Waals surface area contributed by atoms with Crippen molar-refractivity contribution in [2.75, 3.05) is 23.4 Å². The summed E-state index contributed by atoms with van der Waals surface area (Å²) in [6.45, 7) is 0.269. The first-order chi connectivity index (χ1) is 16.4. The van der Waals surface area contributed by atoms with E-state index in [0.717, 1.165) is 24.4 Å². The van der Waals surface area contributed by atoms with Gasteiger partial charge < -0.3 is 10.6 Å². The van der Waals surface area contributed by atoms with Crippen molar-refractivity contribution in [2.45, 2.75) is 18.6 Å². The summed E-state index contributed by atoms with van der Waals surface area (Å²) in [6, 6.07) is 3.00. The fraction of sp³-hybridized carbons (Fsp3) is 0.286. The Balaban J connectivity index is 1.46. The van der Waals surface area contributed by atoms with Crippen LogP contribution in [0.2, 0.25) is 0 Å². The van der Waals surface area contributed by atoms with Gasteiger partial charge in [0, 0.05) is 18.8 Å². The third kappa shape index (κ3) is 5.65. The van der Waals surface area contributed by atoms with Gasteiger partial charge in [0.2, 0.25) is 5.91 Å². The zero-order chi connectivity index (χ0) is 25.4. The highest BCUT2D eigenvalue weighted by molar-refractivity contribution is 7.91. The molecule has 14 heteroatoms. The lowest BCUT2D eigenvalue weighted by Crippen LogP contribution is -2.39. The average molecular weight is 515 g/mol. The number of carbonyl (C=O) groups is 1. The summed E-state index contributed by atoms with van der Waals surface area (Å²) in [5, 5.41) is 5.30. The highest BCUT2D eigenvalue weighted by Crippen LogP contribution is 2.32. The van der Waals surface area contributed by atoms with Crippen LogP contribution < -0.4 is 10.6 Å². The number of rotatable bonds is 5. The largest absolute Gasteiger partial charge is 0.419 e. The van der Waals surface area contributed by atoms with Crippen LogP contribution in [0.25, 0.3) is 5.82 Å². The number of alkyl halides is 3. The van der Waals surface area contributed by atoms with Crippen molar-refractivity contribution in [2.24, 2.45) is 0 Å². The number of amides is 1. The number of pyridine rings is 1. The normalized spacial score (nSPS) is 17.8. The molecule has 8 nitrogen and oxygen atoms in total. The zero-order valence-electron chi connectivity index (χ0n) is 17.8. The van der Waals surface area contributed by atoms with E-state index < -0.39 is 57.1 Å². The molecule has 1 fully saturated rings. The fourth-order valence-electron chi connectivity index (χ4n) is 3.61. The second-order valence-corrected chi connectivity index (χ2v) is 10.1. The molecule has 1 aliphatic rings. The summed E-state index contributed by atoms with van der Waals surface area (Å²) >= 11 is 0. The average Bonchev–Trinajstić information content (AvgIpc) is 3.24. The number of sulfone groups is 1. The van der Waals surface area contributed by atoms with E-state index in [1.54, 1.807) is 0 Å². The lowest BCUT2D eigenvalue weighted by molar-refractivity contribution is -0.140. The Morgan fingerprint density at radius 3 is 2.69 bits per heavy atom. The van der Waals surface area contributed by atoms with E-state index in [-0.39, 0.29) is 29.6 Å². The van der Waals surface area contributed by atoms with Gasteiger partial charge in [0.1, 0.15) is 12.1 Å². The van der Waals surface area contributed by atoms with E-state index in [0.29, 0.717) is 11.8 Å². The smallest absolute Gasteiger partial charge is 0.324 e. The molecule has 4 rings (SSSR count). The molecule has 0 radical (unpaired) electrons. The Morgan fingerprint density at radius 1 is 1.23 bits per heavy atom. The van der Waals surface area contributed by atoms with Gasteiger partial charge in [-0.05, 0) is 11.6 Å². The summed E-state index contributed by atoms with van der Waals surface area (Å²) in [4.78, 5) is 20.3. The molecule has 3 aromatic rings. The fourth-order valence-corrected chi connectivity index (χ4v) is 5.00. The second-order valence-electron chi connectivity index (χ2n) is 7.86. The predicted octanol–water partition coefficient (Wildman–Crippen LogP) is 2.80. The molecule has 1 aromatic carbocycles. The van der Waals surface area contributed by atoms with E-state index in [4.69, 9.17) is 0 Å². The number of imidazole rings is 1. The number of nitrogens with zero attached hydrogens (tertiary/aromatic N) is 3. The molecule has 0 saturated carbocycles. The van der Waals surface area contributed by atoms with Crippen LogP contribution in [0, 0.1) is 11.6 Å². The zero-order valence-corrected chi connectivity index (χ0v) is 18.6. The maximum Gasteiger partial charge on any atom is 0.419 e. The van der Waals surface area contributed by atoms with Gasteiger partial charge in [-0.25, -0.2) is 27.2 Å². The van der Waals surface area contributed by atoms with Crippen molar-refractivity contribution in [3.63, 3.8) is 0 Å². The summed E-state index contributed by atoms with van der Waals surface area (Å²) in [6.07, 6.45) is -1.81. The van der Waals surface area contributed by atoms with Crippen LogP contribution in [0.4, 0.5) is 27.6 Å². The number of halogens is 5. The third-order valence-corrected chi connectivity index (χ3v) is 6.94. The van der Waals surface area contributed by atoms with Crippen LogP contribution in [0.5, 0.6) is 0 Å². The molecule has 0 unspecified atom stereocenters. The molecule has 35 heavy (non-hydrogen) atoms. The maximum absolute atomic E-state index is 14.7. The Kier molecular flexibility index (Phi) is 6.60. The van der Waals surface area contributed by atoms with Crippen LogP contribution in [0.1, 0.15) is 22.9 Å². The number of hydrogen-bond acceptors (Lipinski definition) is 6. The van der Waals surface area contributed by atoms with Crippen LogP contribution in [0.3, 0.4) is 0 Å². The topological polar surface area (TPSA) is 106 Å². The number of hydrogen-bond donors (Lipinski definition) is 2. The van der Waals surface area contributed by atoms with Gasteiger partial charge in [-0.2, -0.15) is 13.2 Å². The lowest BCUT2D eigenvalue weighted by atomic mass is 10.1. The van der Waals surface area contributed by atoms with Gasteiger partial charge in [0.15, 0.2) is 21.5 Å². The molecule has 1 atom stereocenters. The highest BCUT2D eigenvalue weighted by atomic mass is 32.2. The van der Waals surface area contributed by atoms with Crippen LogP contribution in [0.15, 0.2) is 43.0 Å². The SMILES string of the molecule is O=C(Cc1cccc(C(F)(F)F)c1F)Nc1cnc(-n2cnc([C@@H]3CS(=O)(=O)CCN3)c2)c(F)c1. The molecule has 186 valence electrons. The van der Waals surface area contributed by atoms with Gasteiger partial charge in [-0.1, -0.05) is 12.1 Å². The minimum atomic E-state index is -4.91. The van der Waals surface area contributed by atoms with Crippen molar-refractivity contribution in [3.05, 3.63) is 71.4 Å². The van der Waals surface area contributed by atoms with Crippen LogP contribution in [-0.4, -0.2) is 46.9 Å². The minimum absolute atomic E-state index is 0.0218. The van der Waals surface area contributed by atoms with E-state index in [2.05, 4.69) is 20.6 Å². The monoisotopic (exact) mass is 515 g/mol. The lowest BCUT2D eigenvalue weighted by Gasteiger charge is -2.21. The third-order valence-electron chi connectivity index (χ3n) is 5.27. The van der Waals surface area contributed by atoms with Gasteiger partial charge in [0.05, 0.1) is 47.1 Å². The van der Waals surface area contributed by atoms with E-state index >= 15 is 0 Å².